The smallest absolute Gasteiger partial charge is 0.244 e. The van der Waals surface area contributed by atoms with E-state index in [4.69, 9.17) is 0 Å². The monoisotopic (exact) mass is 264 g/mol. The number of amides is 1. The minimum absolute atomic E-state index is 0.137. The van der Waals surface area contributed by atoms with Gasteiger partial charge in [-0.15, -0.1) is 0 Å². The van der Waals surface area contributed by atoms with Crippen LogP contribution < -0.4 is 5.32 Å². The number of hydrogen-bond donors (Lipinski definition) is 1. The summed E-state index contributed by atoms with van der Waals surface area (Å²) in [6.45, 7) is 5.40. The van der Waals surface area contributed by atoms with E-state index in [2.05, 4.69) is 24.1 Å². The van der Waals surface area contributed by atoms with Crippen LogP contribution in [0.2, 0.25) is 0 Å². The molecule has 1 N–H and O–H groups in total. The molecule has 1 heterocycles. The van der Waals surface area contributed by atoms with Crippen LogP contribution in [0.3, 0.4) is 0 Å². The Morgan fingerprint density at radius 1 is 1.32 bits per heavy atom. The summed E-state index contributed by atoms with van der Waals surface area (Å²) in [5.74, 6) is 1.84. The summed E-state index contributed by atoms with van der Waals surface area (Å²) in [6.07, 6.45) is 10.6. The molecule has 3 nitrogen and oxygen atoms in total. The van der Waals surface area contributed by atoms with Crippen LogP contribution in [-0.2, 0) is 4.79 Å². The van der Waals surface area contributed by atoms with Gasteiger partial charge in [0, 0.05) is 6.54 Å². The number of carbonyl (C=O) groups excluding carboxylic acids is 1. The zero-order chi connectivity index (χ0) is 13.5. The zero-order valence-corrected chi connectivity index (χ0v) is 12.5. The Labute approximate surface area is 117 Å². The Balaban J connectivity index is 1.53. The summed E-state index contributed by atoms with van der Waals surface area (Å²) in [7, 11) is 0. The second-order valence-electron chi connectivity index (χ2n) is 7.21. The van der Waals surface area contributed by atoms with Crippen LogP contribution in [-0.4, -0.2) is 29.1 Å². The van der Waals surface area contributed by atoms with E-state index in [1.54, 1.807) is 0 Å². The highest BCUT2D eigenvalue weighted by atomic mass is 16.2. The number of rotatable bonds is 5. The van der Waals surface area contributed by atoms with Crippen molar-refractivity contribution in [2.24, 2.45) is 11.8 Å². The van der Waals surface area contributed by atoms with E-state index in [0.717, 1.165) is 25.3 Å². The topological polar surface area (TPSA) is 32.3 Å². The van der Waals surface area contributed by atoms with Crippen LogP contribution in [0.4, 0.5) is 0 Å². The highest BCUT2D eigenvalue weighted by molar-refractivity contribution is 5.91. The molecule has 3 aliphatic rings. The molecule has 1 amide bonds. The summed E-state index contributed by atoms with van der Waals surface area (Å²) < 4.78 is 0. The minimum Gasteiger partial charge on any atom is -0.325 e. The van der Waals surface area contributed by atoms with Gasteiger partial charge in [0.1, 0.15) is 0 Å². The molecule has 0 aromatic heterocycles. The van der Waals surface area contributed by atoms with Gasteiger partial charge in [-0.25, -0.2) is 0 Å². The number of nitrogens with one attached hydrogen (secondary N) is 1. The van der Waals surface area contributed by atoms with Crippen LogP contribution in [0.1, 0.15) is 65.2 Å². The first-order valence-corrected chi connectivity index (χ1v) is 8.21. The van der Waals surface area contributed by atoms with Crippen molar-refractivity contribution in [3.8, 4) is 0 Å². The van der Waals surface area contributed by atoms with Gasteiger partial charge in [0.25, 0.3) is 0 Å². The molecule has 0 aromatic carbocycles. The summed E-state index contributed by atoms with van der Waals surface area (Å²) in [5.41, 5.74) is -0.137. The molecule has 2 saturated carbocycles. The van der Waals surface area contributed by atoms with E-state index in [-0.39, 0.29) is 11.7 Å². The maximum absolute atomic E-state index is 12.5. The van der Waals surface area contributed by atoms with Crippen molar-refractivity contribution in [3.05, 3.63) is 0 Å². The van der Waals surface area contributed by atoms with Crippen molar-refractivity contribution in [1.29, 1.82) is 0 Å². The van der Waals surface area contributed by atoms with E-state index in [1.807, 2.05) is 0 Å². The average Bonchev–Trinajstić information content (AvgIpc) is 2.87. The lowest BCUT2D eigenvalue weighted by molar-refractivity contribution is -0.131. The highest BCUT2D eigenvalue weighted by Crippen LogP contribution is 2.43. The first-order chi connectivity index (χ1) is 9.12. The first kappa shape index (κ1) is 13.4. The van der Waals surface area contributed by atoms with Gasteiger partial charge in [0.05, 0.1) is 11.7 Å². The van der Waals surface area contributed by atoms with Crippen molar-refractivity contribution in [3.63, 3.8) is 0 Å². The second kappa shape index (κ2) is 5.08. The SMILES string of the molecule is CC(C)C1NC2(CC2)C(=O)N1CCCC1CCCC1. The molecule has 1 aliphatic heterocycles. The number of carbonyl (C=O) groups is 1. The van der Waals surface area contributed by atoms with Gasteiger partial charge >= 0.3 is 0 Å². The van der Waals surface area contributed by atoms with Crippen LogP contribution in [0.15, 0.2) is 0 Å². The fourth-order valence-electron chi connectivity index (χ4n) is 3.92. The third-order valence-electron chi connectivity index (χ3n) is 5.30. The van der Waals surface area contributed by atoms with Gasteiger partial charge in [-0.3, -0.25) is 10.1 Å². The molecule has 1 saturated heterocycles. The molecule has 1 atom stereocenters. The zero-order valence-electron chi connectivity index (χ0n) is 12.5. The van der Waals surface area contributed by atoms with Crippen LogP contribution in [0, 0.1) is 11.8 Å². The van der Waals surface area contributed by atoms with E-state index in [9.17, 15) is 4.79 Å². The maximum Gasteiger partial charge on any atom is 0.244 e. The van der Waals surface area contributed by atoms with Crippen molar-refractivity contribution in [1.82, 2.24) is 10.2 Å². The fraction of sp³-hybridized carbons (Fsp3) is 0.938. The quantitative estimate of drug-likeness (QED) is 0.828. The molecular formula is C16H28N2O. The average molecular weight is 264 g/mol. The lowest BCUT2D eigenvalue weighted by Crippen LogP contribution is -2.42. The summed E-state index contributed by atoms with van der Waals surface area (Å²) >= 11 is 0. The summed E-state index contributed by atoms with van der Waals surface area (Å²) in [6, 6.07) is 0. The van der Waals surface area contributed by atoms with Gasteiger partial charge in [-0.05, 0) is 37.5 Å². The molecule has 19 heavy (non-hydrogen) atoms. The van der Waals surface area contributed by atoms with Crippen molar-refractivity contribution >= 4 is 5.91 Å². The van der Waals surface area contributed by atoms with Crippen LogP contribution in [0.5, 0.6) is 0 Å². The van der Waals surface area contributed by atoms with Crippen molar-refractivity contribution in [2.75, 3.05) is 6.54 Å². The van der Waals surface area contributed by atoms with Gasteiger partial charge in [-0.2, -0.15) is 0 Å². The van der Waals surface area contributed by atoms with Gasteiger partial charge in [0.15, 0.2) is 0 Å². The summed E-state index contributed by atoms with van der Waals surface area (Å²) in [5, 5.41) is 3.60. The predicted octanol–water partition coefficient (Wildman–Crippen LogP) is 2.90. The third kappa shape index (κ3) is 2.54. The molecule has 0 radical (unpaired) electrons. The molecule has 3 fully saturated rings. The first-order valence-electron chi connectivity index (χ1n) is 8.21. The fourth-order valence-corrected chi connectivity index (χ4v) is 3.92. The van der Waals surface area contributed by atoms with Gasteiger partial charge in [-0.1, -0.05) is 39.5 Å². The maximum atomic E-state index is 12.5. The Kier molecular flexibility index (Phi) is 3.59. The van der Waals surface area contributed by atoms with E-state index in [1.165, 1.54) is 38.5 Å². The molecule has 3 heteroatoms. The lowest BCUT2D eigenvalue weighted by atomic mass is 10.0. The molecule has 1 unspecified atom stereocenters. The lowest BCUT2D eigenvalue weighted by Gasteiger charge is -2.27. The number of hydrogen-bond acceptors (Lipinski definition) is 2. The van der Waals surface area contributed by atoms with E-state index < -0.39 is 0 Å². The summed E-state index contributed by atoms with van der Waals surface area (Å²) in [4.78, 5) is 14.6. The Bertz CT molecular complexity index is 343. The molecule has 2 aliphatic carbocycles. The van der Waals surface area contributed by atoms with Gasteiger partial charge < -0.3 is 4.90 Å². The largest absolute Gasteiger partial charge is 0.325 e. The molecule has 3 rings (SSSR count). The van der Waals surface area contributed by atoms with Crippen molar-refractivity contribution in [2.45, 2.75) is 76.9 Å². The van der Waals surface area contributed by atoms with E-state index >= 15 is 0 Å². The predicted molar refractivity (Wildman–Crippen MR) is 76.6 cm³/mol. The Morgan fingerprint density at radius 2 is 2.00 bits per heavy atom. The molecular weight excluding hydrogens is 236 g/mol. The third-order valence-corrected chi connectivity index (χ3v) is 5.30. The van der Waals surface area contributed by atoms with Crippen LogP contribution in [0.25, 0.3) is 0 Å². The highest BCUT2D eigenvalue weighted by Gasteiger charge is 2.59. The standard InChI is InChI=1S/C16H28N2O/c1-12(2)14-17-16(9-10-16)15(19)18(14)11-5-8-13-6-3-4-7-13/h12-14,17H,3-11H2,1-2H3. The minimum atomic E-state index is -0.137. The van der Waals surface area contributed by atoms with Crippen molar-refractivity contribution < 1.29 is 4.79 Å². The Morgan fingerprint density at radius 3 is 2.58 bits per heavy atom. The van der Waals surface area contributed by atoms with Gasteiger partial charge in [0.2, 0.25) is 5.91 Å². The molecule has 1 spiro atoms. The normalized spacial score (nSPS) is 29.9. The molecule has 0 aromatic rings. The molecule has 0 bridgehead atoms. The molecule has 108 valence electrons. The van der Waals surface area contributed by atoms with E-state index in [0.29, 0.717) is 11.8 Å². The second-order valence-corrected chi connectivity index (χ2v) is 7.21. The Hall–Kier alpha value is -0.570. The van der Waals surface area contributed by atoms with Crippen LogP contribution >= 0.6 is 0 Å². The number of nitrogens with zero attached hydrogens (tertiary/aromatic N) is 1.